The molecule has 2 unspecified atom stereocenters. The van der Waals surface area contributed by atoms with Gasteiger partial charge in [0, 0.05) is 23.6 Å². The van der Waals surface area contributed by atoms with E-state index in [1.165, 1.54) is 0 Å². The van der Waals surface area contributed by atoms with Gasteiger partial charge in [0.2, 0.25) is 11.3 Å². The van der Waals surface area contributed by atoms with Gasteiger partial charge in [-0.05, 0) is 24.1 Å². The minimum Gasteiger partial charge on any atom is -0.497 e. The van der Waals surface area contributed by atoms with E-state index >= 15 is 0 Å². The number of hydrogen-bond acceptors (Lipinski definition) is 4. The number of ketones is 1. The average molecular weight is 361 g/mol. The molecular weight excluding hydrogens is 342 g/mol. The van der Waals surface area contributed by atoms with Crippen LogP contribution >= 0.6 is 0 Å². The predicted molar refractivity (Wildman–Crippen MR) is 95.3 cm³/mol. The smallest absolute Gasteiger partial charge is 0.232 e. The van der Waals surface area contributed by atoms with E-state index in [2.05, 4.69) is 4.72 Å². The third-order valence-electron chi connectivity index (χ3n) is 4.11. The highest BCUT2D eigenvalue weighted by atomic mass is 32.2. The van der Waals surface area contributed by atoms with Crippen LogP contribution in [0.5, 0.6) is 11.5 Å². The largest absolute Gasteiger partial charge is 0.497 e. The highest BCUT2D eigenvalue weighted by Crippen LogP contribution is 2.41. The van der Waals surface area contributed by atoms with Crippen molar-refractivity contribution in [2.45, 2.75) is 19.4 Å². The Balaban J connectivity index is 2.07. The molecule has 2 aromatic rings. The van der Waals surface area contributed by atoms with Crippen LogP contribution in [0, 0.1) is 0 Å². The Labute approximate surface area is 148 Å². The number of methoxy groups -OCH3 is 1. The lowest BCUT2D eigenvalue weighted by Gasteiger charge is -2.14. The Bertz CT molecular complexity index is 836. The predicted octanol–water partition coefficient (Wildman–Crippen LogP) is 2.59. The maximum Gasteiger partial charge on any atom is 0.232 e. The molecule has 0 aliphatic carbocycles. The number of fused-ring (bicyclic) bond motifs is 1. The van der Waals surface area contributed by atoms with Gasteiger partial charge in [-0.25, -0.2) is 8.93 Å². The SMILES string of the molecule is COc1cc2c(c(-c3ccccc3C(=O)CNS(=O)O)c1)CC(C)O2. The Hall–Kier alpha value is -2.22. The normalized spacial score (nSPS) is 16.8. The van der Waals surface area contributed by atoms with Gasteiger partial charge < -0.3 is 9.47 Å². The number of hydrogen-bond donors (Lipinski definition) is 2. The summed E-state index contributed by atoms with van der Waals surface area (Å²) in [6, 6.07) is 10.9. The van der Waals surface area contributed by atoms with Crippen molar-refractivity contribution < 1.29 is 23.0 Å². The van der Waals surface area contributed by atoms with E-state index < -0.39 is 11.3 Å². The molecule has 0 saturated carbocycles. The monoisotopic (exact) mass is 361 g/mol. The van der Waals surface area contributed by atoms with E-state index in [4.69, 9.17) is 14.0 Å². The molecule has 7 heteroatoms. The molecule has 1 aliphatic heterocycles. The summed E-state index contributed by atoms with van der Waals surface area (Å²) >= 11 is -2.23. The first kappa shape index (κ1) is 17.6. The molecule has 0 amide bonds. The maximum atomic E-state index is 12.5. The van der Waals surface area contributed by atoms with Gasteiger partial charge in [0.15, 0.2) is 5.78 Å². The van der Waals surface area contributed by atoms with Gasteiger partial charge in [-0.15, -0.1) is 0 Å². The topological polar surface area (TPSA) is 84.9 Å². The Morgan fingerprint density at radius 2 is 2.12 bits per heavy atom. The van der Waals surface area contributed by atoms with Crippen molar-refractivity contribution in [1.82, 2.24) is 4.72 Å². The molecule has 0 radical (unpaired) electrons. The summed E-state index contributed by atoms with van der Waals surface area (Å²) in [5, 5.41) is 0. The van der Waals surface area contributed by atoms with Crippen LogP contribution < -0.4 is 14.2 Å². The van der Waals surface area contributed by atoms with Crippen molar-refractivity contribution in [1.29, 1.82) is 0 Å². The van der Waals surface area contributed by atoms with E-state index in [1.54, 1.807) is 19.2 Å². The molecule has 0 spiro atoms. The molecule has 0 saturated heterocycles. The molecule has 6 nitrogen and oxygen atoms in total. The summed E-state index contributed by atoms with van der Waals surface area (Å²) in [4.78, 5) is 12.5. The molecular formula is C18H19NO5S. The number of ether oxygens (including phenoxy) is 2. The van der Waals surface area contributed by atoms with Crippen molar-refractivity contribution >= 4 is 17.0 Å². The van der Waals surface area contributed by atoms with E-state index in [0.717, 1.165) is 28.9 Å². The molecule has 2 aromatic carbocycles. The van der Waals surface area contributed by atoms with Crippen LogP contribution in [-0.4, -0.2) is 34.3 Å². The van der Waals surface area contributed by atoms with E-state index in [-0.39, 0.29) is 18.4 Å². The lowest BCUT2D eigenvalue weighted by atomic mass is 9.91. The molecule has 1 heterocycles. The zero-order valence-electron chi connectivity index (χ0n) is 13.9. The van der Waals surface area contributed by atoms with Crippen LogP contribution in [0.2, 0.25) is 0 Å². The second-order valence-corrected chi connectivity index (χ2v) is 6.61. The molecule has 0 aromatic heterocycles. The third kappa shape index (κ3) is 3.73. The summed E-state index contributed by atoms with van der Waals surface area (Å²) in [6.45, 7) is 1.77. The standard InChI is InChI=1S/C18H19NO5S/c1-11-7-16-15(8-12(23-2)9-18(16)24-11)13-5-3-4-6-14(13)17(20)10-19-25(21)22/h3-6,8-9,11,19H,7,10H2,1-2H3,(H,21,22). The van der Waals surface area contributed by atoms with Crippen LogP contribution in [0.1, 0.15) is 22.8 Å². The van der Waals surface area contributed by atoms with E-state index in [0.29, 0.717) is 11.3 Å². The first-order chi connectivity index (χ1) is 12.0. The van der Waals surface area contributed by atoms with Crippen LogP contribution in [0.25, 0.3) is 11.1 Å². The maximum absolute atomic E-state index is 12.5. The summed E-state index contributed by atoms with van der Waals surface area (Å²) in [5.74, 6) is 1.15. The Morgan fingerprint density at radius 1 is 1.36 bits per heavy atom. The zero-order chi connectivity index (χ0) is 18.0. The zero-order valence-corrected chi connectivity index (χ0v) is 14.8. The van der Waals surface area contributed by atoms with Crippen LogP contribution in [-0.2, 0) is 17.7 Å². The summed E-state index contributed by atoms with van der Waals surface area (Å²) in [6.07, 6.45) is 0.804. The third-order valence-corrected chi connectivity index (χ3v) is 4.50. The number of carbonyl (C=O) groups is 1. The summed E-state index contributed by atoms with van der Waals surface area (Å²) in [5.41, 5.74) is 3.15. The first-order valence-corrected chi connectivity index (χ1v) is 8.94. The van der Waals surface area contributed by atoms with Crippen molar-refractivity contribution in [3.05, 3.63) is 47.5 Å². The fraction of sp³-hybridized carbons (Fsp3) is 0.278. The lowest BCUT2D eigenvalue weighted by molar-refractivity contribution is 0.0997. The van der Waals surface area contributed by atoms with E-state index in [9.17, 15) is 9.00 Å². The molecule has 1 aliphatic rings. The molecule has 2 N–H and O–H groups in total. The molecule has 2 atom stereocenters. The molecule has 0 bridgehead atoms. The fourth-order valence-electron chi connectivity index (χ4n) is 3.02. The highest BCUT2D eigenvalue weighted by Gasteiger charge is 2.26. The van der Waals surface area contributed by atoms with Gasteiger partial charge in [0.25, 0.3) is 0 Å². The molecule has 0 fully saturated rings. The van der Waals surface area contributed by atoms with Gasteiger partial charge in [-0.3, -0.25) is 9.35 Å². The van der Waals surface area contributed by atoms with Gasteiger partial charge in [-0.2, -0.15) is 0 Å². The van der Waals surface area contributed by atoms with Crippen LogP contribution in [0.3, 0.4) is 0 Å². The number of carbonyl (C=O) groups excluding carboxylic acids is 1. The van der Waals surface area contributed by atoms with Crippen molar-refractivity contribution in [2.24, 2.45) is 0 Å². The van der Waals surface area contributed by atoms with Crippen molar-refractivity contribution in [2.75, 3.05) is 13.7 Å². The lowest BCUT2D eigenvalue weighted by Crippen LogP contribution is -2.24. The van der Waals surface area contributed by atoms with Crippen molar-refractivity contribution in [3.8, 4) is 22.6 Å². The van der Waals surface area contributed by atoms with Gasteiger partial charge in [0.1, 0.15) is 17.6 Å². The highest BCUT2D eigenvalue weighted by molar-refractivity contribution is 7.77. The number of Topliss-reactive ketones (excluding diaryl/α,β-unsaturated/α-hetero) is 1. The summed E-state index contributed by atoms with van der Waals surface area (Å²) in [7, 11) is 1.58. The van der Waals surface area contributed by atoms with Crippen LogP contribution in [0.15, 0.2) is 36.4 Å². The molecule has 132 valence electrons. The summed E-state index contributed by atoms with van der Waals surface area (Å²) < 4.78 is 33.1. The second-order valence-electron chi connectivity index (χ2n) is 5.82. The molecule has 3 rings (SSSR count). The van der Waals surface area contributed by atoms with Gasteiger partial charge in [-0.1, -0.05) is 24.3 Å². The number of benzene rings is 2. The number of rotatable bonds is 6. The fourth-order valence-corrected chi connectivity index (χ4v) is 3.28. The molecule has 25 heavy (non-hydrogen) atoms. The first-order valence-electron chi connectivity index (χ1n) is 7.84. The number of nitrogens with one attached hydrogen (secondary N) is 1. The minimum atomic E-state index is -2.23. The average Bonchev–Trinajstić information content (AvgIpc) is 2.98. The Morgan fingerprint density at radius 3 is 2.84 bits per heavy atom. The van der Waals surface area contributed by atoms with Crippen LogP contribution in [0.4, 0.5) is 0 Å². The van der Waals surface area contributed by atoms with Gasteiger partial charge >= 0.3 is 0 Å². The quantitative estimate of drug-likeness (QED) is 0.610. The van der Waals surface area contributed by atoms with Crippen molar-refractivity contribution in [3.63, 3.8) is 0 Å². The Kier molecular flexibility index (Phi) is 5.17. The van der Waals surface area contributed by atoms with Gasteiger partial charge in [0.05, 0.1) is 13.7 Å². The second kappa shape index (κ2) is 7.35. The minimum absolute atomic E-state index is 0.0576. The van der Waals surface area contributed by atoms with E-state index in [1.807, 2.05) is 31.2 Å².